The Morgan fingerprint density at radius 1 is 1.08 bits per heavy atom. The number of ether oxygens (including phenoxy) is 1. The van der Waals surface area contributed by atoms with Gasteiger partial charge in [-0.05, 0) is 54.8 Å². The number of carbonyl (C=O) groups excluding carboxylic acids is 2. The Bertz CT molecular complexity index is 1480. The highest BCUT2D eigenvalue weighted by Crippen LogP contribution is 2.44. The van der Waals surface area contributed by atoms with Crippen molar-refractivity contribution in [3.63, 3.8) is 0 Å². The third kappa shape index (κ3) is 6.72. The van der Waals surface area contributed by atoms with Crippen molar-refractivity contribution in [2.45, 2.75) is 19.8 Å². The van der Waals surface area contributed by atoms with Crippen LogP contribution in [0.2, 0.25) is 10.0 Å². The molecule has 198 valence electrons. The Labute approximate surface area is 241 Å². The average Bonchev–Trinajstić information content (AvgIpc) is 2.94. The maximum Gasteiger partial charge on any atom is 0.316 e. The highest BCUT2D eigenvalue weighted by atomic mass is 35.5. The molecule has 4 rings (SSSR count). The fraction of sp³-hybridized carbons (Fsp3) is 0.200. The van der Waals surface area contributed by atoms with E-state index in [-0.39, 0.29) is 23.8 Å². The minimum atomic E-state index is -0.865. The molecule has 0 spiro atoms. The first kappa shape index (κ1) is 28.4. The van der Waals surface area contributed by atoms with E-state index in [0.29, 0.717) is 32.0 Å². The SMILES string of the molecule is CCOC(=O)C1C(c2ccccc2)=NC(SCC(=O)Nc2ccc(C)c(Cl)c2)=C(C#N)[C@@H]1c1ccc(Cl)cc1. The fourth-order valence-electron chi connectivity index (χ4n) is 4.29. The molecule has 1 heterocycles. The molecule has 1 aliphatic rings. The van der Waals surface area contributed by atoms with Crippen LogP contribution in [0.1, 0.15) is 29.5 Å². The van der Waals surface area contributed by atoms with Crippen LogP contribution in [0.5, 0.6) is 0 Å². The summed E-state index contributed by atoms with van der Waals surface area (Å²) in [6, 6.07) is 23.9. The summed E-state index contributed by atoms with van der Waals surface area (Å²) in [4.78, 5) is 31.0. The molecule has 2 atom stereocenters. The number of carbonyl (C=O) groups is 2. The molecule has 1 aliphatic heterocycles. The lowest BCUT2D eigenvalue weighted by Crippen LogP contribution is -2.36. The third-order valence-electron chi connectivity index (χ3n) is 6.15. The Kier molecular flexibility index (Phi) is 9.47. The van der Waals surface area contributed by atoms with E-state index in [9.17, 15) is 14.9 Å². The van der Waals surface area contributed by atoms with Crippen LogP contribution in [0.25, 0.3) is 0 Å². The molecule has 39 heavy (non-hydrogen) atoms. The monoisotopic (exact) mass is 577 g/mol. The zero-order chi connectivity index (χ0) is 27.9. The molecule has 0 saturated carbocycles. The van der Waals surface area contributed by atoms with Crippen LogP contribution >= 0.6 is 35.0 Å². The van der Waals surface area contributed by atoms with Gasteiger partial charge in [0.05, 0.1) is 29.7 Å². The van der Waals surface area contributed by atoms with Crippen molar-refractivity contribution in [3.05, 3.63) is 110 Å². The smallest absolute Gasteiger partial charge is 0.316 e. The van der Waals surface area contributed by atoms with Gasteiger partial charge in [0.15, 0.2) is 0 Å². The Morgan fingerprint density at radius 2 is 1.79 bits per heavy atom. The second kappa shape index (κ2) is 13.0. The van der Waals surface area contributed by atoms with Crippen LogP contribution in [0.15, 0.2) is 88.4 Å². The van der Waals surface area contributed by atoms with E-state index >= 15 is 0 Å². The van der Waals surface area contributed by atoms with E-state index in [4.69, 9.17) is 32.9 Å². The number of nitrogens with one attached hydrogen (secondary N) is 1. The Balaban J connectivity index is 1.74. The number of thioether (sulfide) groups is 1. The summed E-state index contributed by atoms with van der Waals surface area (Å²) in [5.41, 5.74) is 3.68. The van der Waals surface area contributed by atoms with Crippen LogP contribution in [0.3, 0.4) is 0 Å². The summed E-state index contributed by atoms with van der Waals surface area (Å²) in [6.45, 7) is 3.80. The molecule has 0 aromatic heterocycles. The van der Waals surface area contributed by atoms with Crippen molar-refractivity contribution in [2.75, 3.05) is 17.7 Å². The summed E-state index contributed by atoms with van der Waals surface area (Å²) in [5.74, 6) is -2.31. The van der Waals surface area contributed by atoms with Gasteiger partial charge in [0.2, 0.25) is 5.91 Å². The molecule has 0 saturated heterocycles. The van der Waals surface area contributed by atoms with Crippen LogP contribution in [0, 0.1) is 24.2 Å². The lowest BCUT2D eigenvalue weighted by molar-refractivity contribution is -0.146. The van der Waals surface area contributed by atoms with E-state index < -0.39 is 17.8 Å². The van der Waals surface area contributed by atoms with Gasteiger partial charge in [0, 0.05) is 21.7 Å². The molecule has 6 nitrogen and oxygen atoms in total. The molecular weight excluding hydrogens is 553 g/mol. The highest BCUT2D eigenvalue weighted by molar-refractivity contribution is 8.03. The fourth-order valence-corrected chi connectivity index (χ4v) is 5.43. The molecule has 1 N–H and O–H groups in total. The first-order valence-electron chi connectivity index (χ1n) is 12.2. The van der Waals surface area contributed by atoms with Gasteiger partial charge in [-0.3, -0.25) is 9.59 Å². The second-order valence-electron chi connectivity index (χ2n) is 8.75. The predicted octanol–water partition coefficient (Wildman–Crippen LogP) is 7.17. The van der Waals surface area contributed by atoms with Crippen molar-refractivity contribution in [3.8, 4) is 6.07 Å². The van der Waals surface area contributed by atoms with Gasteiger partial charge >= 0.3 is 5.97 Å². The third-order valence-corrected chi connectivity index (χ3v) is 7.80. The number of hydrogen-bond acceptors (Lipinski definition) is 6. The maximum atomic E-state index is 13.4. The van der Waals surface area contributed by atoms with E-state index in [1.165, 1.54) is 0 Å². The van der Waals surface area contributed by atoms with Crippen LogP contribution in [-0.2, 0) is 14.3 Å². The first-order valence-corrected chi connectivity index (χ1v) is 14.0. The van der Waals surface area contributed by atoms with Crippen molar-refractivity contribution in [1.82, 2.24) is 0 Å². The van der Waals surface area contributed by atoms with Crippen LogP contribution in [0.4, 0.5) is 5.69 Å². The second-order valence-corrected chi connectivity index (χ2v) is 10.6. The van der Waals surface area contributed by atoms with Crippen molar-refractivity contribution in [1.29, 1.82) is 5.26 Å². The number of esters is 1. The number of hydrogen-bond donors (Lipinski definition) is 1. The summed E-state index contributed by atoms with van der Waals surface area (Å²) in [5, 5.41) is 14.6. The number of anilines is 1. The normalized spacial score (nSPS) is 16.7. The van der Waals surface area contributed by atoms with Crippen molar-refractivity contribution < 1.29 is 14.3 Å². The van der Waals surface area contributed by atoms with Gasteiger partial charge in [-0.2, -0.15) is 5.26 Å². The molecule has 0 radical (unpaired) electrons. The van der Waals surface area contributed by atoms with E-state index in [1.807, 2.05) is 43.3 Å². The summed E-state index contributed by atoms with van der Waals surface area (Å²) in [7, 11) is 0. The molecule has 0 aliphatic carbocycles. The first-order chi connectivity index (χ1) is 18.8. The maximum absolute atomic E-state index is 13.4. The average molecular weight is 579 g/mol. The summed E-state index contributed by atoms with van der Waals surface area (Å²) >= 11 is 13.5. The number of rotatable bonds is 8. The van der Waals surface area contributed by atoms with Gasteiger partial charge in [-0.1, -0.05) is 83.5 Å². The van der Waals surface area contributed by atoms with Crippen molar-refractivity contribution >= 4 is 58.2 Å². The largest absolute Gasteiger partial charge is 0.465 e. The molecule has 1 amide bonds. The summed E-state index contributed by atoms with van der Waals surface area (Å²) in [6.07, 6.45) is 0. The highest BCUT2D eigenvalue weighted by Gasteiger charge is 2.42. The minimum absolute atomic E-state index is 0.00497. The molecule has 0 fully saturated rings. The number of aryl methyl sites for hydroxylation is 1. The van der Waals surface area contributed by atoms with Crippen molar-refractivity contribution in [2.24, 2.45) is 10.9 Å². The topological polar surface area (TPSA) is 91.5 Å². The van der Waals surface area contributed by atoms with Crippen LogP contribution < -0.4 is 5.32 Å². The molecule has 3 aromatic carbocycles. The molecule has 3 aromatic rings. The quantitative estimate of drug-likeness (QED) is 0.286. The lowest BCUT2D eigenvalue weighted by Gasteiger charge is -2.31. The Hall–Kier alpha value is -3.57. The van der Waals surface area contributed by atoms with E-state index in [1.54, 1.807) is 43.3 Å². The van der Waals surface area contributed by atoms with E-state index in [0.717, 1.165) is 22.9 Å². The number of allylic oxidation sites excluding steroid dienone is 1. The van der Waals surface area contributed by atoms with Gasteiger partial charge in [0.1, 0.15) is 10.9 Å². The molecular formula is C30H25Cl2N3O3S. The Morgan fingerprint density at radius 3 is 2.44 bits per heavy atom. The number of nitriles is 1. The molecule has 0 bridgehead atoms. The number of benzene rings is 3. The zero-order valence-electron chi connectivity index (χ0n) is 21.3. The zero-order valence-corrected chi connectivity index (χ0v) is 23.6. The van der Waals surface area contributed by atoms with Crippen LogP contribution in [-0.4, -0.2) is 29.9 Å². The predicted molar refractivity (Wildman–Crippen MR) is 157 cm³/mol. The van der Waals surface area contributed by atoms with Gasteiger partial charge in [-0.15, -0.1) is 0 Å². The lowest BCUT2D eigenvalue weighted by atomic mass is 9.75. The minimum Gasteiger partial charge on any atom is -0.465 e. The molecule has 1 unspecified atom stereocenters. The molecule has 9 heteroatoms. The van der Waals surface area contributed by atoms with Gasteiger partial charge < -0.3 is 10.1 Å². The van der Waals surface area contributed by atoms with Gasteiger partial charge in [0.25, 0.3) is 0 Å². The van der Waals surface area contributed by atoms with Gasteiger partial charge in [-0.25, -0.2) is 4.99 Å². The number of nitrogens with zero attached hydrogens (tertiary/aromatic N) is 2. The van der Waals surface area contributed by atoms with E-state index in [2.05, 4.69) is 11.4 Å². The standard InChI is InChI=1S/C30H25Cl2N3O3S/c1-3-38-30(37)27-26(19-10-12-21(31)13-11-19)23(16-33)29(35-28(27)20-7-5-4-6-8-20)39-17-25(36)34-22-14-9-18(2)24(32)15-22/h4-15,26-27H,3,17H2,1-2H3,(H,34,36)/t26-,27?/m0/s1. The summed E-state index contributed by atoms with van der Waals surface area (Å²) < 4.78 is 5.46. The number of aliphatic imine (C=N–C) groups is 1. The number of halogens is 2. The number of amides is 1.